The largest absolute Gasteiger partial charge is 0.339 e. The number of hydrogen-bond acceptors (Lipinski definition) is 4. The van der Waals surface area contributed by atoms with Crippen molar-refractivity contribution < 1.29 is 13.3 Å². The molecule has 1 aromatic carbocycles. The molecular formula is C13H15F2N3O. The normalized spacial score (nSPS) is 12.6. The SMILES string of the molecule is CCNC(C)Cc1nc(-c2cc(F)cc(F)c2)no1. The third-order valence-corrected chi connectivity index (χ3v) is 2.62. The third-order valence-electron chi connectivity index (χ3n) is 2.62. The lowest BCUT2D eigenvalue weighted by Crippen LogP contribution is -2.27. The quantitative estimate of drug-likeness (QED) is 0.904. The van der Waals surface area contributed by atoms with Crippen molar-refractivity contribution >= 4 is 0 Å². The molecule has 1 unspecified atom stereocenters. The molecule has 0 aliphatic carbocycles. The van der Waals surface area contributed by atoms with E-state index >= 15 is 0 Å². The molecule has 0 saturated carbocycles. The Bertz CT molecular complexity index is 536. The zero-order valence-corrected chi connectivity index (χ0v) is 10.8. The van der Waals surface area contributed by atoms with Crippen molar-refractivity contribution in [2.45, 2.75) is 26.3 Å². The molecule has 1 atom stereocenters. The molecule has 6 heteroatoms. The van der Waals surface area contributed by atoms with Gasteiger partial charge in [-0.3, -0.25) is 0 Å². The van der Waals surface area contributed by atoms with Crippen molar-refractivity contribution in [2.24, 2.45) is 0 Å². The van der Waals surface area contributed by atoms with Gasteiger partial charge in [0.2, 0.25) is 11.7 Å². The van der Waals surface area contributed by atoms with Gasteiger partial charge >= 0.3 is 0 Å². The maximum atomic E-state index is 13.1. The van der Waals surface area contributed by atoms with E-state index < -0.39 is 11.6 Å². The molecule has 102 valence electrons. The van der Waals surface area contributed by atoms with Crippen LogP contribution in [0.5, 0.6) is 0 Å². The topological polar surface area (TPSA) is 51.0 Å². The number of aromatic nitrogens is 2. The number of hydrogen-bond donors (Lipinski definition) is 1. The van der Waals surface area contributed by atoms with E-state index in [4.69, 9.17) is 4.52 Å². The monoisotopic (exact) mass is 267 g/mol. The van der Waals surface area contributed by atoms with E-state index in [1.165, 1.54) is 12.1 Å². The molecule has 2 aromatic rings. The van der Waals surface area contributed by atoms with Gasteiger partial charge in [-0.1, -0.05) is 12.1 Å². The summed E-state index contributed by atoms with van der Waals surface area (Å²) in [5, 5.41) is 6.95. The van der Waals surface area contributed by atoms with Gasteiger partial charge in [-0.2, -0.15) is 4.98 Å². The summed E-state index contributed by atoms with van der Waals surface area (Å²) in [7, 11) is 0. The van der Waals surface area contributed by atoms with Crippen molar-refractivity contribution in [3.63, 3.8) is 0 Å². The summed E-state index contributed by atoms with van der Waals surface area (Å²) >= 11 is 0. The highest BCUT2D eigenvalue weighted by atomic mass is 19.1. The maximum Gasteiger partial charge on any atom is 0.228 e. The van der Waals surface area contributed by atoms with Gasteiger partial charge < -0.3 is 9.84 Å². The Kier molecular flexibility index (Phi) is 4.21. The Morgan fingerprint density at radius 2 is 1.95 bits per heavy atom. The Hall–Kier alpha value is -1.82. The lowest BCUT2D eigenvalue weighted by Gasteiger charge is -2.07. The summed E-state index contributed by atoms with van der Waals surface area (Å²) in [6.07, 6.45) is 0.568. The van der Waals surface area contributed by atoms with E-state index in [1.54, 1.807) is 0 Å². The lowest BCUT2D eigenvalue weighted by atomic mass is 10.2. The summed E-state index contributed by atoms with van der Waals surface area (Å²) in [5.74, 6) is -0.699. The highest BCUT2D eigenvalue weighted by Gasteiger charge is 2.13. The third kappa shape index (κ3) is 3.57. The molecule has 1 heterocycles. The molecule has 19 heavy (non-hydrogen) atoms. The second kappa shape index (κ2) is 5.88. The van der Waals surface area contributed by atoms with Gasteiger partial charge in [0.25, 0.3) is 0 Å². The fourth-order valence-electron chi connectivity index (χ4n) is 1.82. The van der Waals surface area contributed by atoms with Gasteiger partial charge in [0.05, 0.1) is 0 Å². The molecule has 4 nitrogen and oxygen atoms in total. The van der Waals surface area contributed by atoms with Crippen molar-refractivity contribution in [3.05, 3.63) is 35.7 Å². The van der Waals surface area contributed by atoms with Crippen LogP contribution in [0.1, 0.15) is 19.7 Å². The van der Waals surface area contributed by atoms with Gasteiger partial charge in [-0.15, -0.1) is 0 Å². The van der Waals surface area contributed by atoms with Gasteiger partial charge in [0, 0.05) is 24.1 Å². The van der Waals surface area contributed by atoms with E-state index in [2.05, 4.69) is 15.5 Å². The van der Waals surface area contributed by atoms with Crippen molar-refractivity contribution in [1.29, 1.82) is 0 Å². The number of nitrogens with one attached hydrogen (secondary N) is 1. The summed E-state index contributed by atoms with van der Waals surface area (Å²) in [5.41, 5.74) is 0.267. The van der Waals surface area contributed by atoms with Crippen LogP contribution in [0.3, 0.4) is 0 Å². The van der Waals surface area contributed by atoms with Crippen LogP contribution in [0.2, 0.25) is 0 Å². The lowest BCUT2D eigenvalue weighted by molar-refractivity contribution is 0.363. The smallest absolute Gasteiger partial charge is 0.228 e. The second-order valence-corrected chi connectivity index (χ2v) is 4.33. The minimum absolute atomic E-state index is 0.192. The van der Waals surface area contributed by atoms with E-state index in [0.29, 0.717) is 12.3 Å². The van der Waals surface area contributed by atoms with Crippen LogP contribution in [-0.2, 0) is 6.42 Å². The van der Waals surface area contributed by atoms with Gasteiger partial charge in [0.1, 0.15) is 11.6 Å². The molecule has 0 aliphatic rings. The number of rotatable bonds is 5. The molecule has 0 fully saturated rings. The first-order valence-corrected chi connectivity index (χ1v) is 6.11. The van der Waals surface area contributed by atoms with Crippen LogP contribution < -0.4 is 5.32 Å². The minimum atomic E-state index is -0.664. The summed E-state index contributed by atoms with van der Waals surface area (Å²) in [6.45, 7) is 4.85. The summed E-state index contributed by atoms with van der Waals surface area (Å²) in [4.78, 5) is 4.13. The van der Waals surface area contributed by atoms with Gasteiger partial charge in [-0.25, -0.2) is 8.78 Å². The van der Waals surface area contributed by atoms with Crippen LogP contribution in [0.15, 0.2) is 22.7 Å². The molecule has 0 saturated heterocycles. The molecule has 0 radical (unpaired) electrons. The van der Waals surface area contributed by atoms with Crippen molar-refractivity contribution in [3.8, 4) is 11.4 Å². The first-order valence-electron chi connectivity index (χ1n) is 6.11. The van der Waals surface area contributed by atoms with Crippen molar-refractivity contribution in [1.82, 2.24) is 15.5 Å². The maximum absolute atomic E-state index is 13.1. The predicted molar refractivity (Wildman–Crippen MR) is 66.5 cm³/mol. The van der Waals surface area contributed by atoms with Crippen LogP contribution in [0.4, 0.5) is 8.78 Å². The standard InChI is InChI=1S/C13H15F2N3O/c1-3-16-8(2)4-12-17-13(18-19-12)9-5-10(14)7-11(15)6-9/h5-8,16H,3-4H2,1-2H3. The summed E-state index contributed by atoms with van der Waals surface area (Å²) in [6, 6.07) is 3.34. The molecule has 2 rings (SSSR count). The van der Waals surface area contributed by atoms with Gasteiger partial charge in [-0.05, 0) is 25.6 Å². The molecule has 0 spiro atoms. The number of benzene rings is 1. The molecule has 0 aliphatic heterocycles. The number of halogens is 2. The van der Waals surface area contributed by atoms with Crippen LogP contribution in [-0.4, -0.2) is 22.7 Å². The summed E-state index contributed by atoms with van der Waals surface area (Å²) < 4.78 is 31.3. The molecule has 1 N–H and O–H groups in total. The highest BCUT2D eigenvalue weighted by molar-refractivity contribution is 5.54. The van der Waals surface area contributed by atoms with E-state index in [1.807, 2.05) is 13.8 Å². The van der Waals surface area contributed by atoms with Crippen molar-refractivity contribution in [2.75, 3.05) is 6.54 Å². The molecular weight excluding hydrogens is 252 g/mol. The van der Waals surface area contributed by atoms with E-state index in [9.17, 15) is 8.78 Å². The number of likely N-dealkylation sites (N-methyl/N-ethyl adjacent to an activating group) is 1. The average molecular weight is 267 g/mol. The average Bonchev–Trinajstić information content (AvgIpc) is 2.76. The highest BCUT2D eigenvalue weighted by Crippen LogP contribution is 2.19. The van der Waals surface area contributed by atoms with E-state index in [0.717, 1.165) is 12.6 Å². The Morgan fingerprint density at radius 3 is 2.58 bits per heavy atom. The Morgan fingerprint density at radius 1 is 1.26 bits per heavy atom. The Labute approximate surface area is 109 Å². The van der Waals surface area contributed by atoms with E-state index in [-0.39, 0.29) is 17.4 Å². The molecule has 0 bridgehead atoms. The first kappa shape index (κ1) is 13.6. The minimum Gasteiger partial charge on any atom is -0.339 e. The zero-order valence-electron chi connectivity index (χ0n) is 10.8. The fourth-order valence-corrected chi connectivity index (χ4v) is 1.82. The zero-order chi connectivity index (χ0) is 13.8. The predicted octanol–water partition coefficient (Wildman–Crippen LogP) is 2.56. The first-order chi connectivity index (χ1) is 9.08. The fraction of sp³-hybridized carbons (Fsp3) is 0.385. The van der Waals surface area contributed by atoms with Gasteiger partial charge in [0.15, 0.2) is 0 Å². The molecule has 0 amide bonds. The Balaban J connectivity index is 2.16. The van der Waals surface area contributed by atoms with Crippen LogP contribution >= 0.6 is 0 Å². The van der Waals surface area contributed by atoms with Crippen LogP contribution in [0.25, 0.3) is 11.4 Å². The molecule has 1 aromatic heterocycles. The second-order valence-electron chi connectivity index (χ2n) is 4.33. The number of nitrogens with zero attached hydrogens (tertiary/aromatic N) is 2. The van der Waals surface area contributed by atoms with Crippen LogP contribution in [0, 0.1) is 11.6 Å².